The molecule has 1 aliphatic carbocycles. The molecular weight excluding hydrogens is 491 g/mol. The van der Waals surface area contributed by atoms with Gasteiger partial charge < -0.3 is 14.4 Å². The fourth-order valence-corrected chi connectivity index (χ4v) is 5.90. The van der Waals surface area contributed by atoms with Crippen molar-refractivity contribution in [3.63, 3.8) is 0 Å². The quantitative estimate of drug-likeness (QED) is 0.342. The largest absolute Gasteiger partial charge is 0.481 e. The number of anilines is 1. The number of rotatable bonds is 5. The topological polar surface area (TPSA) is 98.3 Å². The van der Waals surface area contributed by atoms with Crippen molar-refractivity contribution in [3.8, 4) is 5.75 Å². The van der Waals surface area contributed by atoms with E-state index in [0.29, 0.717) is 37.7 Å². The SMILES string of the molecule is [C-]#[N+]Oc1ccc(Cc2nc3c4c(ccc3n2C2CCC(C(=O)O)CC2)N(C(=O)OC)[C@@H](C)CC4)cc1F. The molecule has 0 spiro atoms. The Morgan fingerprint density at radius 1 is 1.18 bits per heavy atom. The smallest absolute Gasteiger partial charge is 0.414 e. The van der Waals surface area contributed by atoms with Gasteiger partial charge in [0.15, 0.2) is 5.82 Å². The van der Waals surface area contributed by atoms with Crippen LogP contribution in [0.4, 0.5) is 14.9 Å². The van der Waals surface area contributed by atoms with Crippen LogP contribution >= 0.6 is 0 Å². The van der Waals surface area contributed by atoms with Crippen molar-refractivity contribution < 1.29 is 28.7 Å². The average molecular weight is 521 g/mol. The first kappa shape index (κ1) is 25.5. The van der Waals surface area contributed by atoms with Gasteiger partial charge in [-0.15, -0.1) is 0 Å². The van der Waals surface area contributed by atoms with E-state index < -0.39 is 17.9 Å². The van der Waals surface area contributed by atoms with Gasteiger partial charge in [0, 0.05) is 24.1 Å². The average Bonchev–Trinajstić information content (AvgIpc) is 3.27. The van der Waals surface area contributed by atoms with E-state index in [0.717, 1.165) is 41.0 Å². The van der Waals surface area contributed by atoms with Gasteiger partial charge in [-0.05, 0) is 80.3 Å². The monoisotopic (exact) mass is 520 g/mol. The number of hydrogen-bond acceptors (Lipinski definition) is 5. The lowest BCUT2D eigenvalue weighted by molar-refractivity contribution is -0.143. The maximum Gasteiger partial charge on any atom is 0.414 e. The number of ether oxygens (including phenoxy) is 1. The third-order valence-electron chi connectivity index (χ3n) is 7.81. The minimum atomic E-state index is -0.762. The third-order valence-corrected chi connectivity index (χ3v) is 7.81. The molecule has 1 atom stereocenters. The Balaban J connectivity index is 1.60. The summed E-state index contributed by atoms with van der Waals surface area (Å²) in [6, 6.07) is 8.44. The first-order chi connectivity index (χ1) is 18.3. The third kappa shape index (κ3) is 4.53. The van der Waals surface area contributed by atoms with E-state index in [4.69, 9.17) is 16.3 Å². The van der Waals surface area contributed by atoms with Crippen LogP contribution in [0, 0.1) is 18.3 Å². The predicted molar refractivity (Wildman–Crippen MR) is 137 cm³/mol. The van der Waals surface area contributed by atoms with E-state index in [1.54, 1.807) is 11.0 Å². The van der Waals surface area contributed by atoms with Gasteiger partial charge in [-0.3, -0.25) is 9.69 Å². The molecule has 1 saturated carbocycles. The van der Waals surface area contributed by atoms with Crippen molar-refractivity contribution in [2.75, 3.05) is 12.0 Å². The van der Waals surface area contributed by atoms with Gasteiger partial charge in [0.2, 0.25) is 0 Å². The molecule has 1 N–H and O–H groups in total. The standard InChI is InChI=1S/C28H29FN4O5/c1-16-4-10-20-22(32(16)28(36)37-3)11-12-23-26(20)31-25(15-17-5-13-24(38-30-2)21(29)14-17)33(23)19-8-6-18(7-9-19)27(34)35/h5,11-14,16,18-19H,4,6-10,15H2,1,3H3,(H,34,35)/t16-,18?,19?/m0/s1. The van der Waals surface area contributed by atoms with Crippen molar-refractivity contribution in [1.82, 2.24) is 9.55 Å². The van der Waals surface area contributed by atoms with Gasteiger partial charge in [0.05, 0.1) is 29.7 Å². The maximum atomic E-state index is 14.5. The van der Waals surface area contributed by atoms with E-state index in [1.807, 2.05) is 19.1 Å². The van der Waals surface area contributed by atoms with Crippen molar-refractivity contribution in [3.05, 3.63) is 64.7 Å². The molecule has 2 aliphatic rings. The lowest BCUT2D eigenvalue weighted by Gasteiger charge is -2.34. The Morgan fingerprint density at radius 3 is 2.61 bits per heavy atom. The number of carbonyl (C=O) groups excluding carboxylic acids is 1. The molecule has 1 aromatic heterocycles. The van der Waals surface area contributed by atoms with Crippen LogP contribution in [0.15, 0.2) is 30.3 Å². The number of aliphatic carboxylic acids is 1. The Kier molecular flexibility index (Phi) is 6.93. The van der Waals surface area contributed by atoms with Crippen LogP contribution < -0.4 is 9.74 Å². The van der Waals surface area contributed by atoms with Crippen LogP contribution in [-0.2, 0) is 22.4 Å². The molecule has 0 unspecified atom stereocenters. The lowest BCUT2D eigenvalue weighted by atomic mass is 9.85. The molecule has 0 saturated heterocycles. The van der Waals surface area contributed by atoms with Gasteiger partial charge in [-0.25, -0.2) is 14.2 Å². The normalized spacial score (nSPS) is 21.0. The van der Waals surface area contributed by atoms with E-state index in [9.17, 15) is 19.1 Å². The first-order valence-electron chi connectivity index (χ1n) is 12.8. The zero-order valence-corrected chi connectivity index (χ0v) is 21.3. The Bertz CT molecular complexity index is 1440. The summed E-state index contributed by atoms with van der Waals surface area (Å²) in [4.78, 5) is 35.5. The number of methoxy groups -OCH3 is 1. The number of hydrogen-bond donors (Lipinski definition) is 1. The van der Waals surface area contributed by atoms with Crippen LogP contribution in [-0.4, -0.2) is 39.9 Å². The molecule has 3 aromatic rings. The van der Waals surface area contributed by atoms with E-state index in [1.165, 1.54) is 19.2 Å². The second-order valence-electron chi connectivity index (χ2n) is 10.0. The number of fused-ring (bicyclic) bond motifs is 3. The summed E-state index contributed by atoms with van der Waals surface area (Å²) in [6.45, 7) is 8.80. The molecule has 198 valence electrons. The number of carboxylic acid groups (broad SMARTS) is 1. The molecule has 10 heteroatoms. The van der Waals surface area contributed by atoms with Crippen LogP contribution in [0.3, 0.4) is 0 Å². The molecule has 1 aliphatic heterocycles. The number of aromatic nitrogens is 2. The van der Waals surface area contributed by atoms with Crippen molar-refractivity contribution >= 4 is 28.8 Å². The van der Waals surface area contributed by atoms with Crippen molar-refractivity contribution in [2.45, 2.75) is 64.0 Å². The van der Waals surface area contributed by atoms with Gasteiger partial charge in [0.1, 0.15) is 5.82 Å². The highest BCUT2D eigenvalue weighted by molar-refractivity contribution is 5.95. The summed E-state index contributed by atoms with van der Waals surface area (Å²) >= 11 is 0. The number of benzene rings is 2. The van der Waals surface area contributed by atoms with Crippen LogP contribution in [0.25, 0.3) is 16.0 Å². The van der Waals surface area contributed by atoms with Gasteiger partial charge >= 0.3 is 12.1 Å². The lowest BCUT2D eigenvalue weighted by Crippen LogP contribution is -2.42. The molecule has 1 fully saturated rings. The zero-order chi connectivity index (χ0) is 27.0. The van der Waals surface area contributed by atoms with Crippen LogP contribution in [0.1, 0.15) is 62.0 Å². The number of aryl methyl sites for hydroxylation is 1. The molecule has 5 rings (SSSR count). The highest BCUT2D eigenvalue weighted by Gasteiger charge is 2.33. The molecule has 9 nitrogen and oxygen atoms in total. The Hall–Kier alpha value is -4.13. The fraction of sp³-hybridized carbons (Fsp3) is 0.429. The number of carbonyl (C=O) groups is 2. The van der Waals surface area contributed by atoms with E-state index in [2.05, 4.69) is 14.4 Å². The summed E-state index contributed by atoms with van der Waals surface area (Å²) in [5.41, 5.74) is 4.14. The molecule has 0 bridgehead atoms. The van der Waals surface area contributed by atoms with Crippen LogP contribution in [0.5, 0.6) is 5.75 Å². The van der Waals surface area contributed by atoms with E-state index >= 15 is 0 Å². The van der Waals surface area contributed by atoms with Crippen molar-refractivity contribution in [1.29, 1.82) is 0 Å². The first-order valence-corrected chi connectivity index (χ1v) is 12.8. The second kappa shape index (κ2) is 10.3. The number of nitrogens with zero attached hydrogens (tertiary/aromatic N) is 4. The summed E-state index contributed by atoms with van der Waals surface area (Å²) in [7, 11) is 1.37. The van der Waals surface area contributed by atoms with Crippen LogP contribution in [0.2, 0.25) is 0 Å². The van der Waals surface area contributed by atoms with E-state index in [-0.39, 0.29) is 23.8 Å². The highest BCUT2D eigenvalue weighted by Crippen LogP contribution is 2.40. The number of amides is 1. The highest BCUT2D eigenvalue weighted by atomic mass is 19.1. The molecule has 1 amide bonds. The summed E-state index contributed by atoms with van der Waals surface area (Å²) in [5.74, 6) is -1.12. The van der Waals surface area contributed by atoms with Gasteiger partial charge in [0.25, 0.3) is 5.75 Å². The number of carboxylic acids is 1. The number of imidazole rings is 1. The Morgan fingerprint density at radius 2 is 1.95 bits per heavy atom. The second-order valence-corrected chi connectivity index (χ2v) is 10.0. The Labute approximate surface area is 219 Å². The zero-order valence-electron chi connectivity index (χ0n) is 21.3. The van der Waals surface area contributed by atoms with Crippen molar-refractivity contribution in [2.24, 2.45) is 5.92 Å². The fourth-order valence-electron chi connectivity index (χ4n) is 5.90. The molecular formula is C28H29FN4O5. The van der Waals surface area contributed by atoms with Gasteiger partial charge in [-0.1, -0.05) is 6.07 Å². The molecule has 2 aromatic carbocycles. The summed E-state index contributed by atoms with van der Waals surface area (Å²) in [5, 5.41) is 12.3. The minimum Gasteiger partial charge on any atom is -0.481 e. The molecule has 2 heterocycles. The van der Waals surface area contributed by atoms with Gasteiger partial charge in [-0.2, -0.15) is 11.4 Å². The minimum absolute atomic E-state index is 0.0144. The summed E-state index contributed by atoms with van der Waals surface area (Å²) in [6.07, 6.45) is 4.00. The molecule has 0 radical (unpaired) electrons. The maximum absolute atomic E-state index is 14.5. The summed E-state index contributed by atoms with van der Waals surface area (Å²) < 4.78 is 21.8. The molecule has 38 heavy (non-hydrogen) atoms. The number of halogens is 1. The predicted octanol–water partition coefficient (Wildman–Crippen LogP) is 5.70.